The van der Waals surface area contributed by atoms with Crippen LogP contribution in [-0.4, -0.2) is 24.5 Å². The van der Waals surface area contributed by atoms with Gasteiger partial charge in [-0.15, -0.1) is 0 Å². The fraction of sp³-hybridized carbons (Fsp3) is 0.750. The lowest BCUT2D eigenvalue weighted by molar-refractivity contribution is -0.153. The molecule has 0 radical (unpaired) electrons. The van der Waals surface area contributed by atoms with Gasteiger partial charge in [-0.05, 0) is 19.3 Å². The van der Waals surface area contributed by atoms with Crippen LogP contribution in [0.2, 0.25) is 0 Å². The van der Waals surface area contributed by atoms with Gasteiger partial charge in [-0.1, -0.05) is 0 Å². The van der Waals surface area contributed by atoms with Crippen molar-refractivity contribution in [3.05, 3.63) is 0 Å². The zero-order chi connectivity index (χ0) is 8.97. The predicted octanol–water partition coefficient (Wildman–Crippen LogP) is 0.218. The Balaban J connectivity index is 2.47. The first kappa shape index (κ1) is 9.03. The molecule has 68 valence electrons. The molecule has 1 unspecified atom stereocenters. The molecule has 1 aliphatic rings. The van der Waals surface area contributed by atoms with E-state index in [1.165, 1.54) is 6.92 Å². The molecule has 4 nitrogen and oxygen atoms in total. The van der Waals surface area contributed by atoms with Gasteiger partial charge < -0.3 is 10.1 Å². The third-order valence-corrected chi connectivity index (χ3v) is 1.79. The SMILES string of the molecule is CC(=O)OC1CCCCNC1=O. The van der Waals surface area contributed by atoms with Crippen molar-refractivity contribution in [1.29, 1.82) is 0 Å². The molecule has 1 rings (SSSR count). The molecule has 0 aliphatic carbocycles. The van der Waals surface area contributed by atoms with Crippen molar-refractivity contribution in [2.45, 2.75) is 32.3 Å². The largest absolute Gasteiger partial charge is 0.452 e. The molecule has 1 aliphatic heterocycles. The molecular weight excluding hydrogens is 158 g/mol. The summed E-state index contributed by atoms with van der Waals surface area (Å²) in [4.78, 5) is 21.7. The van der Waals surface area contributed by atoms with Crippen LogP contribution in [0.5, 0.6) is 0 Å². The van der Waals surface area contributed by atoms with Crippen molar-refractivity contribution in [2.75, 3.05) is 6.54 Å². The Labute approximate surface area is 71.3 Å². The molecule has 1 atom stereocenters. The van der Waals surface area contributed by atoms with Gasteiger partial charge in [0.15, 0.2) is 6.10 Å². The van der Waals surface area contributed by atoms with E-state index in [0.29, 0.717) is 13.0 Å². The van der Waals surface area contributed by atoms with Crippen LogP contribution in [0.25, 0.3) is 0 Å². The molecule has 1 amide bonds. The van der Waals surface area contributed by atoms with E-state index in [-0.39, 0.29) is 5.91 Å². The van der Waals surface area contributed by atoms with Crippen LogP contribution in [0.4, 0.5) is 0 Å². The highest BCUT2D eigenvalue weighted by Gasteiger charge is 2.22. The number of carbonyl (C=O) groups excluding carboxylic acids is 2. The van der Waals surface area contributed by atoms with E-state index < -0.39 is 12.1 Å². The molecule has 0 aromatic rings. The van der Waals surface area contributed by atoms with Crippen LogP contribution in [-0.2, 0) is 14.3 Å². The van der Waals surface area contributed by atoms with E-state index in [9.17, 15) is 9.59 Å². The molecule has 1 fully saturated rings. The lowest BCUT2D eigenvalue weighted by Crippen LogP contribution is -2.35. The summed E-state index contributed by atoms with van der Waals surface area (Å²) in [7, 11) is 0. The minimum Gasteiger partial charge on any atom is -0.452 e. The van der Waals surface area contributed by atoms with E-state index >= 15 is 0 Å². The molecular formula is C8H13NO3. The van der Waals surface area contributed by atoms with Gasteiger partial charge in [0.05, 0.1) is 0 Å². The fourth-order valence-corrected chi connectivity index (χ4v) is 1.22. The minimum atomic E-state index is -0.565. The summed E-state index contributed by atoms with van der Waals surface area (Å²) in [5.74, 6) is -0.556. The number of hydrogen-bond donors (Lipinski definition) is 1. The normalized spacial score (nSPS) is 24.1. The van der Waals surface area contributed by atoms with Crippen molar-refractivity contribution < 1.29 is 14.3 Å². The highest BCUT2D eigenvalue weighted by Crippen LogP contribution is 2.08. The summed E-state index contributed by atoms with van der Waals surface area (Å²) in [5, 5.41) is 2.68. The Morgan fingerprint density at radius 1 is 1.58 bits per heavy atom. The van der Waals surface area contributed by atoms with Gasteiger partial charge in [-0.3, -0.25) is 9.59 Å². The molecule has 4 heteroatoms. The van der Waals surface area contributed by atoms with Gasteiger partial charge in [-0.25, -0.2) is 0 Å². The smallest absolute Gasteiger partial charge is 0.303 e. The number of amides is 1. The average Bonchev–Trinajstić information content (AvgIpc) is 2.16. The third kappa shape index (κ3) is 2.53. The van der Waals surface area contributed by atoms with Crippen molar-refractivity contribution in [3.8, 4) is 0 Å². The van der Waals surface area contributed by atoms with E-state index in [4.69, 9.17) is 4.74 Å². The number of esters is 1. The minimum absolute atomic E-state index is 0.164. The number of nitrogens with one attached hydrogen (secondary N) is 1. The Morgan fingerprint density at radius 2 is 2.33 bits per heavy atom. The van der Waals surface area contributed by atoms with Gasteiger partial charge in [-0.2, -0.15) is 0 Å². The first-order valence-corrected chi connectivity index (χ1v) is 4.15. The summed E-state index contributed by atoms with van der Waals surface area (Å²) < 4.78 is 4.83. The number of rotatable bonds is 1. The number of carbonyl (C=O) groups is 2. The van der Waals surface area contributed by atoms with E-state index in [2.05, 4.69) is 5.32 Å². The monoisotopic (exact) mass is 171 g/mol. The van der Waals surface area contributed by atoms with Crippen LogP contribution < -0.4 is 5.32 Å². The van der Waals surface area contributed by atoms with Gasteiger partial charge >= 0.3 is 5.97 Å². The highest BCUT2D eigenvalue weighted by atomic mass is 16.5. The number of ether oxygens (including phenoxy) is 1. The van der Waals surface area contributed by atoms with Gasteiger partial charge in [0.25, 0.3) is 5.91 Å². The molecule has 1 heterocycles. The van der Waals surface area contributed by atoms with E-state index in [1.807, 2.05) is 0 Å². The third-order valence-electron chi connectivity index (χ3n) is 1.79. The summed E-state index contributed by atoms with van der Waals surface area (Å²) in [6, 6.07) is 0. The second-order valence-electron chi connectivity index (χ2n) is 2.88. The van der Waals surface area contributed by atoms with Gasteiger partial charge in [0.1, 0.15) is 0 Å². The van der Waals surface area contributed by atoms with Crippen LogP contribution >= 0.6 is 0 Å². The van der Waals surface area contributed by atoms with Crippen molar-refractivity contribution >= 4 is 11.9 Å². The maximum absolute atomic E-state index is 11.2. The van der Waals surface area contributed by atoms with Crippen LogP contribution in [0.3, 0.4) is 0 Å². The molecule has 12 heavy (non-hydrogen) atoms. The van der Waals surface area contributed by atoms with Gasteiger partial charge in [0, 0.05) is 13.5 Å². The Bertz CT molecular complexity index is 191. The van der Waals surface area contributed by atoms with Gasteiger partial charge in [0.2, 0.25) is 0 Å². The zero-order valence-corrected chi connectivity index (χ0v) is 7.13. The Morgan fingerprint density at radius 3 is 3.00 bits per heavy atom. The Kier molecular flexibility index (Phi) is 3.08. The van der Waals surface area contributed by atoms with Crippen molar-refractivity contribution in [3.63, 3.8) is 0 Å². The Hall–Kier alpha value is -1.06. The van der Waals surface area contributed by atoms with Crippen LogP contribution in [0, 0.1) is 0 Å². The lowest BCUT2D eigenvalue weighted by atomic mass is 10.2. The summed E-state index contributed by atoms with van der Waals surface area (Å²) in [6.07, 6.45) is 1.97. The quantitative estimate of drug-likeness (QED) is 0.574. The maximum Gasteiger partial charge on any atom is 0.303 e. The standard InChI is InChI=1S/C8H13NO3/c1-6(10)12-7-4-2-3-5-9-8(7)11/h7H,2-5H2,1H3,(H,9,11). The topological polar surface area (TPSA) is 55.4 Å². The van der Waals surface area contributed by atoms with E-state index in [0.717, 1.165) is 12.8 Å². The lowest BCUT2D eigenvalue weighted by Gasteiger charge is -2.12. The zero-order valence-electron chi connectivity index (χ0n) is 7.13. The highest BCUT2D eigenvalue weighted by molar-refractivity contribution is 5.83. The number of hydrogen-bond acceptors (Lipinski definition) is 3. The first-order valence-electron chi connectivity index (χ1n) is 4.15. The molecule has 0 aromatic carbocycles. The average molecular weight is 171 g/mol. The van der Waals surface area contributed by atoms with E-state index in [1.54, 1.807) is 0 Å². The molecule has 1 N–H and O–H groups in total. The molecule has 0 spiro atoms. The summed E-state index contributed by atoms with van der Waals surface area (Å²) in [6.45, 7) is 2.01. The second kappa shape index (κ2) is 4.09. The summed E-state index contributed by atoms with van der Waals surface area (Å²) in [5.41, 5.74) is 0. The van der Waals surface area contributed by atoms with Crippen LogP contribution in [0.1, 0.15) is 26.2 Å². The first-order chi connectivity index (χ1) is 5.70. The second-order valence-corrected chi connectivity index (χ2v) is 2.88. The molecule has 1 saturated heterocycles. The van der Waals surface area contributed by atoms with Crippen molar-refractivity contribution in [2.24, 2.45) is 0 Å². The maximum atomic E-state index is 11.2. The molecule has 0 aromatic heterocycles. The molecule has 0 saturated carbocycles. The predicted molar refractivity (Wildman–Crippen MR) is 42.4 cm³/mol. The van der Waals surface area contributed by atoms with Crippen molar-refractivity contribution in [1.82, 2.24) is 5.32 Å². The molecule has 0 bridgehead atoms. The van der Waals surface area contributed by atoms with Crippen LogP contribution in [0.15, 0.2) is 0 Å². The fourth-order valence-electron chi connectivity index (χ4n) is 1.22. The summed E-state index contributed by atoms with van der Waals surface area (Å²) >= 11 is 0.